The largest absolute Gasteiger partial charge is 2.00 e. The summed E-state index contributed by atoms with van der Waals surface area (Å²) < 4.78 is 26.1. The maximum Gasteiger partial charge on any atom is 2.00 e. The van der Waals surface area contributed by atoms with Gasteiger partial charge < -0.3 is 26.5 Å². The Balaban J connectivity index is -0.000000427. The second-order valence-electron chi connectivity index (χ2n) is 3.23. The maximum absolute atomic E-state index is 5.32. The van der Waals surface area contributed by atoms with Gasteiger partial charge in [0, 0.05) is 13.2 Å². The van der Waals surface area contributed by atoms with Crippen molar-refractivity contribution >= 4 is 45.5 Å². The van der Waals surface area contributed by atoms with Crippen LogP contribution in [0.1, 0.15) is 16.7 Å². The van der Waals surface area contributed by atoms with E-state index in [-0.39, 0.29) is 48.3 Å². The van der Waals surface area contributed by atoms with Crippen molar-refractivity contribution in [2.45, 2.75) is 13.8 Å². The molecule has 0 aliphatic heterocycles. The minimum Gasteiger partial charge on any atom is -1.00 e. The quantitative estimate of drug-likeness (QED) is 0.348. The first-order chi connectivity index (χ1) is 8.41. The summed E-state index contributed by atoms with van der Waals surface area (Å²) in [5.74, 6) is 0. The van der Waals surface area contributed by atoms with Crippen molar-refractivity contribution in [3.05, 3.63) is 0 Å². The van der Waals surface area contributed by atoms with Crippen LogP contribution in [0.5, 0.6) is 0 Å². The second kappa shape index (κ2) is 20.6. The minimum absolute atomic E-state index is 0. The Morgan fingerprint density at radius 1 is 0.500 bits per heavy atom. The van der Waals surface area contributed by atoms with E-state index in [4.69, 9.17) is 23.7 Å². The molecule has 0 rings (SSSR count). The molecule has 0 aliphatic carbocycles. The van der Waals surface area contributed by atoms with Gasteiger partial charge in [0.05, 0.1) is 52.9 Å². The first kappa shape index (κ1) is 21.6. The molecule has 6 heteroatoms. The van der Waals surface area contributed by atoms with Crippen LogP contribution in [-0.2, 0) is 23.7 Å². The van der Waals surface area contributed by atoms with Crippen LogP contribution in [-0.4, -0.2) is 112 Å². The number of rotatable bonds is 14. The predicted octanol–water partition coefficient (Wildman–Crippen LogP) is 0.953. The van der Waals surface area contributed by atoms with Crippen molar-refractivity contribution < 1.29 is 26.5 Å². The molecule has 0 amide bonds. The van der Waals surface area contributed by atoms with Gasteiger partial charge in [0.2, 0.25) is 0 Å². The van der Waals surface area contributed by atoms with Gasteiger partial charge >= 0.3 is 45.5 Å². The summed E-state index contributed by atoms with van der Waals surface area (Å²) in [6, 6.07) is 0. The Bertz CT molecular complexity index is 133. The summed E-state index contributed by atoms with van der Waals surface area (Å²) in [4.78, 5) is 0. The molecule has 18 heavy (non-hydrogen) atoms. The zero-order chi connectivity index (χ0) is 12.6. The zero-order valence-electron chi connectivity index (χ0n) is 13.8. The summed E-state index contributed by atoms with van der Waals surface area (Å²) in [7, 11) is 0. The number of hydrogen-bond acceptors (Lipinski definition) is 5. The molecule has 0 unspecified atom stereocenters. The fourth-order valence-corrected chi connectivity index (χ4v) is 1.07. The Labute approximate surface area is 151 Å². The molecule has 0 saturated carbocycles. The van der Waals surface area contributed by atoms with Crippen LogP contribution in [0.3, 0.4) is 0 Å². The van der Waals surface area contributed by atoms with E-state index in [0.29, 0.717) is 52.9 Å². The standard InChI is InChI=1S/C12H26O5.Sr.2H/c1-3-13-5-7-15-9-11-17-12-10-16-8-6-14-4-2;;;/h3-12H2,1-2H3;;;/q;+2;2*-1. The molecule has 108 valence electrons. The van der Waals surface area contributed by atoms with E-state index in [1.54, 1.807) is 0 Å². The Morgan fingerprint density at radius 2 is 0.722 bits per heavy atom. The Kier molecular flexibility index (Phi) is 24.7. The van der Waals surface area contributed by atoms with Gasteiger partial charge in [-0.25, -0.2) is 0 Å². The normalized spacial score (nSPS) is 10.3. The van der Waals surface area contributed by atoms with Crippen LogP contribution in [0.25, 0.3) is 0 Å². The average Bonchev–Trinajstić information content (AvgIpc) is 2.35. The fraction of sp³-hybridized carbons (Fsp3) is 1.00. The molecule has 0 spiro atoms. The minimum atomic E-state index is 0. The molecule has 0 aromatic heterocycles. The zero-order valence-corrected chi connectivity index (χ0v) is 15.3. The molecule has 0 aliphatic rings. The molecular weight excluding hydrogens is 312 g/mol. The molecule has 5 nitrogen and oxygen atoms in total. The van der Waals surface area contributed by atoms with Crippen molar-refractivity contribution in [3.63, 3.8) is 0 Å². The van der Waals surface area contributed by atoms with Gasteiger partial charge in [-0.1, -0.05) is 0 Å². The molecule has 0 heterocycles. The van der Waals surface area contributed by atoms with Gasteiger partial charge in [0.25, 0.3) is 0 Å². The van der Waals surface area contributed by atoms with E-state index in [1.165, 1.54) is 0 Å². The Hall–Kier alpha value is 1.28. The topological polar surface area (TPSA) is 46.2 Å². The van der Waals surface area contributed by atoms with Crippen molar-refractivity contribution in [3.8, 4) is 0 Å². The second-order valence-corrected chi connectivity index (χ2v) is 3.23. The molecular formula is C12H28O5Sr. The monoisotopic (exact) mass is 340 g/mol. The van der Waals surface area contributed by atoms with Gasteiger partial charge in [0.15, 0.2) is 0 Å². The van der Waals surface area contributed by atoms with Crippen LogP contribution in [0.15, 0.2) is 0 Å². The summed E-state index contributed by atoms with van der Waals surface area (Å²) in [6.07, 6.45) is 0. The predicted molar refractivity (Wildman–Crippen MR) is 73.4 cm³/mol. The first-order valence-corrected chi connectivity index (χ1v) is 6.30. The average molecular weight is 340 g/mol. The van der Waals surface area contributed by atoms with Gasteiger partial charge in [-0.3, -0.25) is 0 Å². The molecule has 0 N–H and O–H groups in total. The maximum atomic E-state index is 5.32. The molecule has 0 bridgehead atoms. The summed E-state index contributed by atoms with van der Waals surface area (Å²) in [5, 5.41) is 0. The van der Waals surface area contributed by atoms with Crippen molar-refractivity contribution in [2.24, 2.45) is 0 Å². The molecule has 0 fully saturated rings. The fourth-order valence-electron chi connectivity index (χ4n) is 1.07. The van der Waals surface area contributed by atoms with Crippen LogP contribution in [0.2, 0.25) is 0 Å². The van der Waals surface area contributed by atoms with Crippen molar-refractivity contribution in [2.75, 3.05) is 66.1 Å². The molecule has 0 aromatic rings. The van der Waals surface area contributed by atoms with E-state index in [0.717, 1.165) is 13.2 Å². The molecule has 0 radical (unpaired) electrons. The van der Waals surface area contributed by atoms with E-state index in [2.05, 4.69) is 0 Å². The van der Waals surface area contributed by atoms with E-state index < -0.39 is 0 Å². The molecule has 0 atom stereocenters. The van der Waals surface area contributed by atoms with Gasteiger partial charge in [-0.05, 0) is 13.8 Å². The summed E-state index contributed by atoms with van der Waals surface area (Å²) in [6.45, 7) is 10.4. The van der Waals surface area contributed by atoms with Crippen molar-refractivity contribution in [1.82, 2.24) is 0 Å². The van der Waals surface area contributed by atoms with E-state index in [9.17, 15) is 0 Å². The third-order valence-corrected chi connectivity index (χ3v) is 1.90. The SMILES string of the molecule is CCOCCOCCOCCOCCOCC.[H-].[H-].[Sr+2]. The molecule has 0 aromatic carbocycles. The Morgan fingerprint density at radius 3 is 0.944 bits per heavy atom. The third-order valence-electron chi connectivity index (χ3n) is 1.90. The van der Waals surface area contributed by atoms with Crippen molar-refractivity contribution in [1.29, 1.82) is 0 Å². The summed E-state index contributed by atoms with van der Waals surface area (Å²) >= 11 is 0. The molecule has 0 saturated heterocycles. The van der Waals surface area contributed by atoms with E-state index >= 15 is 0 Å². The van der Waals surface area contributed by atoms with Crippen LogP contribution in [0.4, 0.5) is 0 Å². The van der Waals surface area contributed by atoms with Gasteiger partial charge in [-0.15, -0.1) is 0 Å². The number of hydrogen-bond donors (Lipinski definition) is 0. The number of ether oxygens (including phenoxy) is 5. The third kappa shape index (κ3) is 19.6. The van der Waals surface area contributed by atoms with Gasteiger partial charge in [0.1, 0.15) is 0 Å². The van der Waals surface area contributed by atoms with Gasteiger partial charge in [-0.2, -0.15) is 0 Å². The van der Waals surface area contributed by atoms with Crippen LogP contribution >= 0.6 is 0 Å². The summed E-state index contributed by atoms with van der Waals surface area (Å²) in [5.41, 5.74) is 0. The first-order valence-electron chi connectivity index (χ1n) is 6.30. The van der Waals surface area contributed by atoms with Crippen LogP contribution < -0.4 is 0 Å². The van der Waals surface area contributed by atoms with Crippen LogP contribution in [0, 0.1) is 0 Å². The smallest absolute Gasteiger partial charge is 1.00 e. The van der Waals surface area contributed by atoms with E-state index in [1.807, 2.05) is 13.8 Å².